The van der Waals surface area contributed by atoms with Crippen LogP contribution in [0.1, 0.15) is 76.7 Å². The lowest BCUT2D eigenvalue weighted by Gasteiger charge is -2.52. The summed E-state index contributed by atoms with van der Waals surface area (Å²) < 4.78 is 5.82. The zero-order valence-corrected chi connectivity index (χ0v) is 23.3. The molecule has 1 aromatic carbocycles. The van der Waals surface area contributed by atoms with Crippen LogP contribution >= 0.6 is 0 Å². The van der Waals surface area contributed by atoms with Gasteiger partial charge in [-0.2, -0.15) is 0 Å². The number of nitrogens with one attached hydrogen (secondary N) is 1. The van der Waals surface area contributed by atoms with Crippen LogP contribution in [-0.2, 0) is 16.1 Å². The summed E-state index contributed by atoms with van der Waals surface area (Å²) in [5.74, 6) is 1.71. The van der Waals surface area contributed by atoms with Crippen molar-refractivity contribution < 1.29 is 14.3 Å². The number of rotatable bonds is 11. The monoisotopic (exact) mass is 512 g/mol. The van der Waals surface area contributed by atoms with Crippen molar-refractivity contribution in [1.82, 2.24) is 20.0 Å². The van der Waals surface area contributed by atoms with E-state index in [9.17, 15) is 9.59 Å². The number of hydrogen-bond acceptors (Lipinski definition) is 5. The molecule has 7 nitrogen and oxygen atoms in total. The number of amides is 2. The molecule has 1 N–H and O–H groups in total. The van der Waals surface area contributed by atoms with Gasteiger partial charge in [0.2, 0.25) is 11.8 Å². The fourth-order valence-corrected chi connectivity index (χ4v) is 6.31. The van der Waals surface area contributed by atoms with Crippen LogP contribution < -0.4 is 10.1 Å². The van der Waals surface area contributed by atoms with Crippen molar-refractivity contribution in [2.75, 3.05) is 46.9 Å². The van der Waals surface area contributed by atoms with E-state index < -0.39 is 5.54 Å². The van der Waals surface area contributed by atoms with Gasteiger partial charge in [-0.05, 0) is 63.4 Å². The van der Waals surface area contributed by atoms with Gasteiger partial charge in [0, 0.05) is 32.7 Å². The molecule has 2 amide bonds. The Hall–Kier alpha value is -2.12. The van der Waals surface area contributed by atoms with Crippen LogP contribution in [0, 0.1) is 5.92 Å². The average Bonchev–Trinajstić information content (AvgIpc) is 2.90. The first-order valence-corrected chi connectivity index (χ1v) is 14.6. The maximum atomic E-state index is 13.7. The molecule has 0 radical (unpaired) electrons. The predicted octanol–water partition coefficient (Wildman–Crippen LogP) is 4.06. The average molecular weight is 513 g/mol. The Bertz CT molecular complexity index is 873. The summed E-state index contributed by atoms with van der Waals surface area (Å²) in [5, 5.41) is 3.21. The standard InChI is InChI=1S/C30H48N4O3/c1-4-5-17-34-28(35)27(22-24-9-7-6-8-10-24)31-29(36)30(34)15-18-33(19-16-30)23-25-11-13-26(14-12-25)37-21-20-32(2)3/h11-14,24,27H,4-10,15-23H2,1-3H3,(H,31,36). The van der Waals surface area contributed by atoms with Gasteiger partial charge in [-0.3, -0.25) is 14.5 Å². The molecule has 1 saturated carbocycles. The number of hydrogen-bond donors (Lipinski definition) is 1. The topological polar surface area (TPSA) is 65.1 Å². The Morgan fingerprint density at radius 1 is 1.05 bits per heavy atom. The second-order valence-electron chi connectivity index (χ2n) is 11.7. The van der Waals surface area contributed by atoms with Gasteiger partial charge < -0.3 is 19.9 Å². The lowest BCUT2D eigenvalue weighted by molar-refractivity contribution is -0.162. The van der Waals surface area contributed by atoms with E-state index in [1.165, 1.54) is 37.7 Å². The van der Waals surface area contributed by atoms with Crippen molar-refractivity contribution in [3.05, 3.63) is 29.8 Å². The predicted molar refractivity (Wildman–Crippen MR) is 147 cm³/mol. The summed E-state index contributed by atoms with van der Waals surface area (Å²) in [5.41, 5.74) is 0.561. The van der Waals surface area contributed by atoms with Crippen LogP contribution in [0.5, 0.6) is 5.75 Å². The maximum Gasteiger partial charge on any atom is 0.246 e. The van der Waals surface area contributed by atoms with Crippen molar-refractivity contribution in [3.63, 3.8) is 0 Å². The van der Waals surface area contributed by atoms with E-state index in [1.807, 2.05) is 31.1 Å². The van der Waals surface area contributed by atoms with Crippen molar-refractivity contribution >= 4 is 11.8 Å². The highest BCUT2D eigenvalue weighted by Crippen LogP contribution is 2.36. The molecule has 1 unspecified atom stereocenters. The first kappa shape index (κ1) is 27.9. The molecule has 3 aliphatic rings. The highest BCUT2D eigenvalue weighted by molar-refractivity contribution is 6.00. The van der Waals surface area contributed by atoms with E-state index in [0.29, 0.717) is 31.9 Å². The van der Waals surface area contributed by atoms with Gasteiger partial charge in [-0.25, -0.2) is 0 Å². The fourth-order valence-electron chi connectivity index (χ4n) is 6.31. The zero-order chi connectivity index (χ0) is 26.3. The van der Waals surface area contributed by atoms with Gasteiger partial charge in [0.05, 0.1) is 0 Å². The number of carbonyl (C=O) groups excluding carboxylic acids is 2. The number of likely N-dealkylation sites (N-methyl/N-ethyl adjacent to an activating group) is 1. The van der Waals surface area contributed by atoms with E-state index in [-0.39, 0.29) is 17.9 Å². The van der Waals surface area contributed by atoms with E-state index in [2.05, 4.69) is 34.2 Å². The van der Waals surface area contributed by atoms with E-state index in [4.69, 9.17) is 4.74 Å². The van der Waals surface area contributed by atoms with Crippen molar-refractivity contribution in [3.8, 4) is 5.75 Å². The number of ether oxygens (including phenoxy) is 1. The summed E-state index contributed by atoms with van der Waals surface area (Å²) in [6.45, 7) is 6.90. The molecular weight excluding hydrogens is 464 g/mol. The quantitative estimate of drug-likeness (QED) is 0.485. The highest BCUT2D eigenvalue weighted by Gasteiger charge is 2.53. The third-order valence-electron chi connectivity index (χ3n) is 8.66. The molecule has 1 aromatic rings. The number of likely N-dealkylation sites (tertiary alicyclic amines) is 1. The van der Waals surface area contributed by atoms with Crippen LogP contribution in [0.2, 0.25) is 0 Å². The molecule has 0 bridgehead atoms. The Morgan fingerprint density at radius 3 is 2.41 bits per heavy atom. The molecule has 2 heterocycles. The molecule has 1 atom stereocenters. The number of unbranched alkanes of at least 4 members (excludes halogenated alkanes) is 1. The Morgan fingerprint density at radius 2 is 1.76 bits per heavy atom. The summed E-state index contributed by atoms with van der Waals surface area (Å²) in [6.07, 6.45) is 10.4. The van der Waals surface area contributed by atoms with E-state index >= 15 is 0 Å². The first-order chi connectivity index (χ1) is 17.9. The van der Waals surface area contributed by atoms with Gasteiger partial charge in [0.15, 0.2) is 0 Å². The van der Waals surface area contributed by atoms with Crippen molar-refractivity contribution in [2.45, 2.75) is 89.3 Å². The SMILES string of the molecule is CCCCN1C(=O)C(CC2CCCCC2)NC(=O)C12CCN(Cc1ccc(OCCN(C)C)cc1)CC2. The van der Waals surface area contributed by atoms with E-state index in [0.717, 1.165) is 51.2 Å². The fraction of sp³-hybridized carbons (Fsp3) is 0.733. The molecule has 0 aromatic heterocycles. The number of benzene rings is 1. The minimum atomic E-state index is -0.685. The van der Waals surface area contributed by atoms with Crippen LogP contribution in [0.3, 0.4) is 0 Å². The Balaban J connectivity index is 1.35. The zero-order valence-electron chi connectivity index (χ0n) is 23.3. The molecule has 1 aliphatic carbocycles. The summed E-state index contributed by atoms with van der Waals surface area (Å²) in [6, 6.07) is 8.02. The smallest absolute Gasteiger partial charge is 0.246 e. The normalized spacial score (nSPS) is 23.0. The van der Waals surface area contributed by atoms with Gasteiger partial charge >= 0.3 is 0 Å². The van der Waals surface area contributed by atoms with Crippen LogP contribution in [-0.4, -0.2) is 85.0 Å². The van der Waals surface area contributed by atoms with E-state index in [1.54, 1.807) is 0 Å². The molecule has 1 spiro atoms. The van der Waals surface area contributed by atoms with Gasteiger partial charge in [-0.1, -0.05) is 57.6 Å². The lowest BCUT2D eigenvalue weighted by atomic mass is 9.79. The molecule has 206 valence electrons. The molecule has 37 heavy (non-hydrogen) atoms. The third-order valence-corrected chi connectivity index (χ3v) is 8.66. The third kappa shape index (κ3) is 7.05. The van der Waals surface area contributed by atoms with Gasteiger partial charge in [0.25, 0.3) is 0 Å². The Kier molecular flexibility index (Phi) is 9.88. The Labute approximate surface area is 223 Å². The minimum absolute atomic E-state index is 0.0860. The molecular formula is C30H48N4O3. The van der Waals surface area contributed by atoms with Crippen molar-refractivity contribution in [1.29, 1.82) is 0 Å². The number of nitrogens with zero attached hydrogens (tertiary/aromatic N) is 3. The first-order valence-electron chi connectivity index (χ1n) is 14.6. The molecule has 2 aliphatic heterocycles. The minimum Gasteiger partial charge on any atom is -0.492 e. The molecule has 2 saturated heterocycles. The molecule has 4 rings (SSSR count). The van der Waals surface area contributed by atoms with Gasteiger partial charge in [-0.15, -0.1) is 0 Å². The second kappa shape index (κ2) is 13.1. The van der Waals surface area contributed by atoms with Gasteiger partial charge in [0.1, 0.15) is 23.9 Å². The summed E-state index contributed by atoms with van der Waals surface area (Å²) >= 11 is 0. The number of carbonyl (C=O) groups is 2. The number of piperazine rings is 1. The van der Waals surface area contributed by atoms with Crippen LogP contribution in [0.4, 0.5) is 0 Å². The molecule has 7 heteroatoms. The van der Waals surface area contributed by atoms with Crippen molar-refractivity contribution in [2.24, 2.45) is 5.92 Å². The molecule has 3 fully saturated rings. The summed E-state index contributed by atoms with van der Waals surface area (Å²) in [4.78, 5) is 33.9. The lowest BCUT2D eigenvalue weighted by Crippen LogP contribution is -2.73. The van der Waals surface area contributed by atoms with Crippen LogP contribution in [0.15, 0.2) is 24.3 Å². The maximum absolute atomic E-state index is 13.7. The summed E-state index contributed by atoms with van der Waals surface area (Å²) in [7, 11) is 4.09. The highest BCUT2D eigenvalue weighted by atomic mass is 16.5. The largest absolute Gasteiger partial charge is 0.492 e. The number of piperidine rings is 1. The van der Waals surface area contributed by atoms with Crippen LogP contribution in [0.25, 0.3) is 0 Å². The second-order valence-corrected chi connectivity index (χ2v) is 11.7.